The number of benzene rings is 2. The number of hydrogen-bond donors (Lipinski definition) is 0. The number of hydrogen-bond acceptors (Lipinski definition) is 5. The van der Waals surface area contributed by atoms with Gasteiger partial charge in [0.15, 0.2) is 6.10 Å². The second-order valence-corrected chi connectivity index (χ2v) is 8.40. The van der Waals surface area contributed by atoms with Gasteiger partial charge in [0, 0.05) is 30.5 Å². The summed E-state index contributed by atoms with van der Waals surface area (Å²) in [4.78, 5) is 39.4. The Kier molecular flexibility index (Phi) is 6.12. The molecule has 166 valence electrons. The van der Waals surface area contributed by atoms with Crippen molar-refractivity contribution in [2.24, 2.45) is 0 Å². The molecular weight excluding hydrogens is 406 g/mol. The highest BCUT2D eigenvalue weighted by atomic mass is 16.5. The first-order chi connectivity index (χ1) is 15.3. The predicted molar refractivity (Wildman–Crippen MR) is 121 cm³/mol. The molecule has 1 aliphatic rings. The van der Waals surface area contributed by atoms with Gasteiger partial charge >= 0.3 is 11.6 Å². The van der Waals surface area contributed by atoms with Crippen LogP contribution >= 0.6 is 0 Å². The van der Waals surface area contributed by atoms with Crippen LogP contribution in [0.15, 0.2) is 51.7 Å². The monoisotopic (exact) mass is 433 g/mol. The van der Waals surface area contributed by atoms with Crippen molar-refractivity contribution in [3.63, 3.8) is 0 Å². The minimum absolute atomic E-state index is 0.00339. The molecule has 4 rings (SSSR count). The smallest absolute Gasteiger partial charge is 0.339 e. The lowest BCUT2D eigenvalue weighted by molar-refractivity contribution is -0.159. The first kappa shape index (κ1) is 21.8. The van der Waals surface area contributed by atoms with Gasteiger partial charge in [-0.15, -0.1) is 0 Å². The third-order valence-corrected chi connectivity index (χ3v) is 6.12. The highest BCUT2D eigenvalue weighted by molar-refractivity contribution is 5.84. The molecule has 3 aromatic rings. The van der Waals surface area contributed by atoms with Gasteiger partial charge in [-0.3, -0.25) is 9.59 Å². The van der Waals surface area contributed by atoms with Crippen LogP contribution < -0.4 is 5.63 Å². The normalized spacial score (nSPS) is 14.2. The fraction of sp³-hybridized carbons (Fsp3) is 0.346. The van der Waals surface area contributed by atoms with Crippen LogP contribution in [0.4, 0.5) is 0 Å². The second-order valence-electron chi connectivity index (χ2n) is 8.40. The quantitative estimate of drug-likeness (QED) is 0.451. The Hall–Kier alpha value is -3.41. The van der Waals surface area contributed by atoms with E-state index >= 15 is 0 Å². The van der Waals surface area contributed by atoms with E-state index in [0.717, 1.165) is 28.5 Å². The summed E-state index contributed by atoms with van der Waals surface area (Å²) in [6.45, 7) is 6.51. The molecule has 0 spiro atoms. The van der Waals surface area contributed by atoms with Gasteiger partial charge in [0.05, 0.1) is 0 Å². The Morgan fingerprint density at radius 1 is 1.12 bits per heavy atom. The van der Waals surface area contributed by atoms with Crippen LogP contribution in [0.3, 0.4) is 0 Å². The maximum absolute atomic E-state index is 12.8. The van der Waals surface area contributed by atoms with E-state index in [4.69, 9.17) is 9.15 Å². The van der Waals surface area contributed by atoms with E-state index in [9.17, 15) is 14.4 Å². The van der Waals surface area contributed by atoms with Gasteiger partial charge in [-0.05, 0) is 61.9 Å². The van der Waals surface area contributed by atoms with E-state index in [0.29, 0.717) is 24.2 Å². The van der Waals surface area contributed by atoms with Crippen molar-refractivity contribution < 1.29 is 18.7 Å². The van der Waals surface area contributed by atoms with Gasteiger partial charge in [-0.25, -0.2) is 4.79 Å². The topological polar surface area (TPSA) is 76.8 Å². The third-order valence-electron chi connectivity index (χ3n) is 6.12. The number of rotatable bonds is 5. The minimum Gasteiger partial charge on any atom is -0.453 e. The van der Waals surface area contributed by atoms with Crippen LogP contribution in [0, 0.1) is 13.8 Å². The first-order valence-corrected chi connectivity index (χ1v) is 10.9. The van der Waals surface area contributed by atoms with Crippen molar-refractivity contribution in [3.05, 3.63) is 80.7 Å². The Morgan fingerprint density at radius 2 is 1.88 bits per heavy atom. The van der Waals surface area contributed by atoms with Crippen molar-refractivity contribution in [1.82, 2.24) is 4.90 Å². The summed E-state index contributed by atoms with van der Waals surface area (Å²) in [6, 6.07) is 13.8. The summed E-state index contributed by atoms with van der Waals surface area (Å²) < 4.78 is 10.8. The maximum atomic E-state index is 12.8. The van der Waals surface area contributed by atoms with Crippen LogP contribution in [0.1, 0.15) is 41.2 Å². The van der Waals surface area contributed by atoms with Crippen LogP contribution in [-0.4, -0.2) is 29.4 Å². The molecule has 1 amide bonds. The molecule has 0 saturated heterocycles. The van der Waals surface area contributed by atoms with Crippen molar-refractivity contribution in [1.29, 1.82) is 0 Å². The number of aryl methyl sites for hydroxylation is 2. The van der Waals surface area contributed by atoms with E-state index in [1.807, 2.05) is 50.2 Å². The van der Waals surface area contributed by atoms with Crippen LogP contribution in [0.5, 0.6) is 0 Å². The van der Waals surface area contributed by atoms with Gasteiger partial charge in [0.2, 0.25) is 0 Å². The van der Waals surface area contributed by atoms with E-state index in [2.05, 4.69) is 6.07 Å². The number of carbonyl (C=O) groups excluding carboxylic acids is 2. The molecule has 1 aromatic heterocycles. The van der Waals surface area contributed by atoms with Gasteiger partial charge in [-0.1, -0.05) is 36.4 Å². The van der Waals surface area contributed by atoms with E-state index < -0.39 is 17.7 Å². The zero-order valence-electron chi connectivity index (χ0n) is 18.6. The molecule has 6 nitrogen and oxygen atoms in total. The van der Waals surface area contributed by atoms with E-state index in [1.54, 1.807) is 11.8 Å². The van der Waals surface area contributed by atoms with Gasteiger partial charge in [0.25, 0.3) is 5.91 Å². The second kappa shape index (κ2) is 8.99. The summed E-state index contributed by atoms with van der Waals surface area (Å²) >= 11 is 0. The summed E-state index contributed by atoms with van der Waals surface area (Å²) in [6.07, 6.45) is 0.127. The lowest BCUT2D eigenvalue weighted by atomic mass is 9.99. The fourth-order valence-corrected chi connectivity index (χ4v) is 4.26. The minimum atomic E-state index is -0.871. The molecule has 1 atom stereocenters. The lowest BCUT2D eigenvalue weighted by Crippen LogP contribution is -2.42. The third kappa shape index (κ3) is 4.44. The molecule has 0 unspecified atom stereocenters. The molecule has 32 heavy (non-hydrogen) atoms. The molecule has 0 saturated carbocycles. The Balaban J connectivity index is 1.37. The molecule has 0 bridgehead atoms. The summed E-state index contributed by atoms with van der Waals surface area (Å²) in [5.74, 6) is -0.712. The Bertz CT molecular complexity index is 1240. The van der Waals surface area contributed by atoms with Gasteiger partial charge in [-0.2, -0.15) is 0 Å². The highest BCUT2D eigenvalue weighted by Crippen LogP contribution is 2.22. The average Bonchev–Trinajstić information content (AvgIpc) is 2.77. The largest absolute Gasteiger partial charge is 0.453 e. The maximum Gasteiger partial charge on any atom is 0.339 e. The number of ether oxygens (including phenoxy) is 1. The molecule has 1 aliphatic heterocycles. The predicted octanol–water partition coefficient (Wildman–Crippen LogP) is 3.86. The molecule has 0 radical (unpaired) electrons. The summed E-state index contributed by atoms with van der Waals surface area (Å²) in [5, 5.41) is 0.854. The summed E-state index contributed by atoms with van der Waals surface area (Å²) in [7, 11) is 0. The molecule has 0 N–H and O–H groups in total. The average molecular weight is 434 g/mol. The first-order valence-electron chi connectivity index (χ1n) is 10.9. The number of nitrogens with zero attached hydrogens (tertiary/aromatic N) is 1. The summed E-state index contributed by atoms with van der Waals surface area (Å²) in [5.41, 5.74) is 4.75. The standard InChI is InChI=1S/C26H27NO5/c1-16-8-9-21-17(2)22(26(30)32-23(21)14-16)10-11-24(28)31-18(3)25(29)27-13-12-19-6-4-5-7-20(19)15-27/h4-9,14,18H,10-13,15H2,1-3H3/t18-/m1/s1. The Labute approximate surface area is 186 Å². The van der Waals surface area contributed by atoms with Crippen molar-refractivity contribution in [2.75, 3.05) is 6.54 Å². The lowest BCUT2D eigenvalue weighted by Gasteiger charge is -2.30. The highest BCUT2D eigenvalue weighted by Gasteiger charge is 2.27. The van der Waals surface area contributed by atoms with Crippen molar-refractivity contribution in [3.8, 4) is 0 Å². The number of esters is 1. The van der Waals surface area contributed by atoms with Crippen LogP contribution in [0.2, 0.25) is 0 Å². The van der Waals surface area contributed by atoms with E-state index in [-0.39, 0.29) is 18.7 Å². The molecule has 0 aliphatic carbocycles. The van der Waals surface area contributed by atoms with E-state index in [1.165, 1.54) is 5.56 Å². The molecular formula is C26H27NO5. The Morgan fingerprint density at radius 3 is 2.66 bits per heavy atom. The zero-order valence-corrected chi connectivity index (χ0v) is 18.6. The fourth-order valence-electron chi connectivity index (χ4n) is 4.26. The van der Waals surface area contributed by atoms with Crippen LogP contribution in [-0.2, 0) is 33.7 Å². The number of fused-ring (bicyclic) bond motifs is 2. The molecule has 0 fully saturated rings. The van der Waals surface area contributed by atoms with Gasteiger partial charge < -0.3 is 14.1 Å². The molecule has 2 aromatic carbocycles. The molecule has 2 heterocycles. The van der Waals surface area contributed by atoms with Crippen molar-refractivity contribution in [2.45, 2.75) is 52.7 Å². The van der Waals surface area contributed by atoms with Gasteiger partial charge in [0.1, 0.15) is 5.58 Å². The molecule has 6 heteroatoms. The van der Waals surface area contributed by atoms with Crippen LogP contribution in [0.25, 0.3) is 11.0 Å². The zero-order chi connectivity index (χ0) is 22.8. The number of carbonyl (C=O) groups is 2. The SMILES string of the molecule is Cc1ccc2c(C)c(CCC(=O)O[C@H](C)C(=O)N3CCc4ccccc4C3)c(=O)oc2c1. The number of amides is 1. The van der Waals surface area contributed by atoms with Crippen molar-refractivity contribution >= 4 is 22.8 Å².